The fourth-order valence-electron chi connectivity index (χ4n) is 6.13. The Balaban J connectivity index is 1.23. The highest BCUT2D eigenvalue weighted by Crippen LogP contribution is 2.32. The molecule has 0 saturated carbocycles. The van der Waals surface area contributed by atoms with Crippen LogP contribution in [-0.4, -0.2) is 51.6 Å². The zero-order valence-electron chi connectivity index (χ0n) is 31.7. The maximum atomic E-state index is 13.7. The summed E-state index contributed by atoms with van der Waals surface area (Å²) >= 11 is 0. The van der Waals surface area contributed by atoms with Crippen molar-refractivity contribution in [2.75, 3.05) is 6.61 Å². The van der Waals surface area contributed by atoms with Crippen LogP contribution in [-0.2, 0) is 59.3 Å². The molecular formula is C46H50O8Si. The van der Waals surface area contributed by atoms with E-state index in [-0.39, 0.29) is 13.2 Å². The molecule has 0 N–H and O–H groups in total. The third-order valence-electron chi connectivity index (χ3n) is 8.82. The van der Waals surface area contributed by atoms with Crippen LogP contribution in [0.5, 0.6) is 5.75 Å². The minimum absolute atomic E-state index is 0.205. The van der Waals surface area contributed by atoms with Crippen LogP contribution in [0.25, 0.3) is 6.08 Å². The summed E-state index contributed by atoms with van der Waals surface area (Å²) in [6.45, 7) is 7.83. The van der Waals surface area contributed by atoms with Gasteiger partial charge in [0.1, 0.15) is 30.7 Å². The van der Waals surface area contributed by atoms with E-state index in [9.17, 15) is 4.79 Å². The minimum atomic E-state index is -2.25. The Morgan fingerprint density at radius 3 is 1.62 bits per heavy atom. The van der Waals surface area contributed by atoms with Gasteiger partial charge >= 0.3 is 5.97 Å². The molecular weight excluding hydrogens is 709 g/mol. The van der Waals surface area contributed by atoms with Gasteiger partial charge in [-0.15, -0.1) is 0 Å². The zero-order chi connectivity index (χ0) is 38.3. The first-order valence-electron chi connectivity index (χ1n) is 18.7. The van der Waals surface area contributed by atoms with E-state index in [4.69, 9.17) is 32.8 Å². The third-order valence-corrected chi connectivity index (χ3v) is 9.76. The van der Waals surface area contributed by atoms with Crippen molar-refractivity contribution in [2.24, 2.45) is 0 Å². The molecule has 0 bridgehead atoms. The summed E-state index contributed by atoms with van der Waals surface area (Å²) in [5.74, 6) is 0.174. The summed E-state index contributed by atoms with van der Waals surface area (Å²) < 4.78 is 45.1. The van der Waals surface area contributed by atoms with Gasteiger partial charge in [0.25, 0.3) is 0 Å². The smallest absolute Gasteiger partial charge is 0.331 e. The molecule has 0 aromatic heterocycles. The first-order valence-corrected chi connectivity index (χ1v) is 22.1. The van der Waals surface area contributed by atoms with Gasteiger partial charge < -0.3 is 32.8 Å². The monoisotopic (exact) mass is 758 g/mol. The summed E-state index contributed by atoms with van der Waals surface area (Å²) in [7, 11) is -2.25. The lowest BCUT2D eigenvalue weighted by molar-refractivity contribution is -0.304. The van der Waals surface area contributed by atoms with Gasteiger partial charge in [-0.1, -0.05) is 133 Å². The first-order chi connectivity index (χ1) is 26.8. The summed E-state index contributed by atoms with van der Waals surface area (Å²) in [6.07, 6.45) is -0.781. The normalized spacial score (nSPS) is 19.9. The van der Waals surface area contributed by atoms with Crippen molar-refractivity contribution in [2.45, 2.75) is 76.8 Å². The van der Waals surface area contributed by atoms with Gasteiger partial charge in [0.2, 0.25) is 0 Å². The lowest BCUT2D eigenvalue weighted by Crippen LogP contribution is -2.63. The van der Waals surface area contributed by atoms with Gasteiger partial charge in [0.15, 0.2) is 20.7 Å². The van der Waals surface area contributed by atoms with Gasteiger partial charge in [-0.2, -0.15) is 0 Å². The average molecular weight is 759 g/mol. The number of ether oxygens (including phenoxy) is 6. The molecule has 5 aromatic carbocycles. The molecule has 0 radical (unpaired) electrons. The lowest BCUT2D eigenvalue weighted by Gasteiger charge is -2.46. The fourth-order valence-corrected chi connectivity index (χ4v) is 7.01. The van der Waals surface area contributed by atoms with Crippen LogP contribution >= 0.6 is 0 Å². The van der Waals surface area contributed by atoms with Gasteiger partial charge in [0, 0.05) is 6.08 Å². The second-order valence-electron chi connectivity index (χ2n) is 14.4. The molecule has 286 valence electrons. The van der Waals surface area contributed by atoms with Crippen LogP contribution in [0.2, 0.25) is 19.6 Å². The Kier molecular flexibility index (Phi) is 14.6. The number of carbonyl (C=O) groups is 1. The highest BCUT2D eigenvalue weighted by Gasteiger charge is 2.51. The fraction of sp³-hybridized carbons (Fsp3) is 0.283. The topological polar surface area (TPSA) is 81.7 Å². The van der Waals surface area contributed by atoms with Crippen molar-refractivity contribution < 1.29 is 37.6 Å². The Hall–Kier alpha value is -4.87. The van der Waals surface area contributed by atoms with Crippen molar-refractivity contribution in [1.82, 2.24) is 0 Å². The summed E-state index contributed by atoms with van der Waals surface area (Å²) in [4.78, 5) is 13.7. The molecule has 5 aromatic rings. The van der Waals surface area contributed by atoms with Crippen LogP contribution in [0.1, 0.15) is 27.8 Å². The maximum absolute atomic E-state index is 13.7. The van der Waals surface area contributed by atoms with Crippen molar-refractivity contribution >= 4 is 20.4 Å². The summed E-state index contributed by atoms with van der Waals surface area (Å²) in [5, 5.41) is 0. The van der Waals surface area contributed by atoms with Gasteiger partial charge in [-0.05, 0) is 65.7 Å². The van der Waals surface area contributed by atoms with Crippen LogP contribution in [0, 0.1) is 0 Å². The maximum Gasteiger partial charge on any atom is 0.331 e. The van der Waals surface area contributed by atoms with Crippen molar-refractivity contribution in [1.29, 1.82) is 0 Å². The van der Waals surface area contributed by atoms with Crippen LogP contribution in [0.4, 0.5) is 0 Å². The Bertz CT molecular complexity index is 1880. The van der Waals surface area contributed by atoms with Gasteiger partial charge in [0.05, 0.1) is 26.4 Å². The average Bonchev–Trinajstić information content (AvgIpc) is 3.20. The summed E-state index contributed by atoms with van der Waals surface area (Å²) in [5.41, 5.74) is 4.90. The molecule has 1 saturated heterocycles. The third kappa shape index (κ3) is 12.9. The van der Waals surface area contributed by atoms with Crippen LogP contribution in [0.15, 0.2) is 152 Å². The Morgan fingerprint density at radius 1 is 0.600 bits per heavy atom. The number of benzene rings is 5. The highest BCUT2D eigenvalue weighted by atomic mass is 28.4. The predicted octanol–water partition coefficient (Wildman–Crippen LogP) is 9.15. The van der Waals surface area contributed by atoms with E-state index in [0.29, 0.717) is 19.8 Å². The van der Waals surface area contributed by atoms with Crippen molar-refractivity contribution in [3.05, 3.63) is 179 Å². The van der Waals surface area contributed by atoms with Crippen molar-refractivity contribution in [3.63, 3.8) is 0 Å². The van der Waals surface area contributed by atoms with E-state index in [1.165, 1.54) is 6.08 Å². The second kappa shape index (κ2) is 20.2. The number of esters is 1. The standard InChI is InChI=1S/C46H50O8Si/c1-55(2,3)54-46-45(53-42(47)29-26-35-24-27-40(28-25-35)49-31-37-18-10-5-11-19-37)44(51-33-39-22-14-7-15-23-39)43(50-32-38-20-12-6-13-21-38)41(52-46)34-48-30-36-16-8-4-9-17-36/h4-29,41,43-46H,30-34H2,1-3H3/b29-26+/t41-,43-,44+,45-,46+/m1/s1. The molecule has 0 spiro atoms. The molecule has 1 aliphatic rings. The molecule has 0 aliphatic carbocycles. The number of hydrogen-bond donors (Lipinski definition) is 0. The zero-order valence-corrected chi connectivity index (χ0v) is 32.7. The Labute approximate surface area is 325 Å². The highest BCUT2D eigenvalue weighted by molar-refractivity contribution is 6.69. The Morgan fingerprint density at radius 2 is 1.09 bits per heavy atom. The molecule has 6 rings (SSSR count). The molecule has 1 heterocycles. The van der Waals surface area contributed by atoms with E-state index in [1.54, 1.807) is 6.08 Å². The van der Waals surface area contributed by atoms with E-state index < -0.39 is 45.0 Å². The molecule has 1 aliphatic heterocycles. The van der Waals surface area contributed by atoms with E-state index in [1.807, 2.05) is 146 Å². The van der Waals surface area contributed by atoms with Gasteiger partial charge in [-0.3, -0.25) is 0 Å². The van der Waals surface area contributed by atoms with E-state index in [0.717, 1.165) is 33.6 Å². The number of rotatable bonds is 18. The minimum Gasteiger partial charge on any atom is -0.489 e. The lowest BCUT2D eigenvalue weighted by atomic mass is 9.98. The molecule has 55 heavy (non-hydrogen) atoms. The molecule has 1 fully saturated rings. The number of carbonyl (C=O) groups excluding carboxylic acids is 1. The largest absolute Gasteiger partial charge is 0.489 e. The molecule has 9 heteroatoms. The van der Waals surface area contributed by atoms with Crippen LogP contribution < -0.4 is 4.74 Å². The molecule has 8 nitrogen and oxygen atoms in total. The summed E-state index contributed by atoms with van der Waals surface area (Å²) in [6, 6.07) is 47.3. The predicted molar refractivity (Wildman–Crippen MR) is 215 cm³/mol. The van der Waals surface area contributed by atoms with E-state index in [2.05, 4.69) is 19.6 Å². The van der Waals surface area contributed by atoms with Crippen LogP contribution in [0.3, 0.4) is 0 Å². The van der Waals surface area contributed by atoms with Gasteiger partial charge in [-0.25, -0.2) is 4.79 Å². The quantitative estimate of drug-likeness (QED) is 0.0498. The SMILES string of the molecule is C[Si](C)(C)O[C@@H]1O[C@H](COCc2ccccc2)[C@@H](OCc2ccccc2)[C@H](OCc2ccccc2)[C@H]1OC(=O)/C=C/c1ccc(OCc2ccccc2)cc1. The van der Waals surface area contributed by atoms with Crippen molar-refractivity contribution in [3.8, 4) is 5.75 Å². The first kappa shape index (κ1) is 39.8. The molecule has 0 unspecified atom stereocenters. The number of hydrogen-bond acceptors (Lipinski definition) is 8. The van der Waals surface area contributed by atoms with E-state index >= 15 is 0 Å². The molecule has 0 amide bonds. The molecule has 5 atom stereocenters. The second-order valence-corrected chi connectivity index (χ2v) is 18.8.